The largest absolute Gasteiger partial charge is 0.448 e. The van der Waals surface area contributed by atoms with Crippen LogP contribution in [0.1, 0.15) is 19.4 Å². The number of rotatable bonds is 5. The summed E-state index contributed by atoms with van der Waals surface area (Å²) in [5, 5.41) is 0. The fraction of sp³-hybridized carbons (Fsp3) is 0.462. The van der Waals surface area contributed by atoms with E-state index in [9.17, 15) is 9.59 Å². The molecule has 0 aliphatic rings. The summed E-state index contributed by atoms with van der Waals surface area (Å²) in [4.78, 5) is 27.0. The third-order valence-corrected chi connectivity index (χ3v) is 2.52. The van der Waals surface area contributed by atoms with Gasteiger partial charge in [0.2, 0.25) is 0 Å². The molecular formula is C13H19N3O4. The van der Waals surface area contributed by atoms with Crippen LogP contribution in [-0.2, 0) is 9.47 Å². The number of hydrogen-bond acceptors (Lipinski definition) is 6. The highest BCUT2D eigenvalue weighted by atomic mass is 16.6. The van der Waals surface area contributed by atoms with E-state index in [0.717, 1.165) is 4.57 Å². The third kappa shape index (κ3) is 3.92. The van der Waals surface area contributed by atoms with E-state index in [1.807, 2.05) is 13.8 Å². The molecule has 0 atom stereocenters. The Morgan fingerprint density at radius 3 is 2.75 bits per heavy atom. The lowest BCUT2D eigenvalue weighted by Gasteiger charge is -2.22. The fourth-order valence-electron chi connectivity index (χ4n) is 1.53. The molecule has 0 radical (unpaired) electrons. The van der Waals surface area contributed by atoms with Gasteiger partial charge in [0.05, 0.1) is 6.61 Å². The number of anilines is 1. The third-order valence-electron chi connectivity index (χ3n) is 2.52. The van der Waals surface area contributed by atoms with Crippen LogP contribution in [0.25, 0.3) is 6.08 Å². The highest BCUT2D eigenvalue weighted by Gasteiger charge is 2.21. The van der Waals surface area contributed by atoms with Crippen LogP contribution in [0.4, 0.5) is 10.6 Å². The molecule has 0 spiro atoms. The second-order valence-corrected chi connectivity index (χ2v) is 5.09. The van der Waals surface area contributed by atoms with Gasteiger partial charge in [0.1, 0.15) is 12.4 Å². The summed E-state index contributed by atoms with van der Waals surface area (Å²) in [5.74, 6) is 0.0220. The number of nitrogens with zero attached hydrogens (tertiary/aromatic N) is 2. The molecule has 1 aromatic heterocycles. The quantitative estimate of drug-likeness (QED) is 0.869. The van der Waals surface area contributed by atoms with Crippen molar-refractivity contribution in [3.05, 3.63) is 28.8 Å². The normalized spacial score (nSPS) is 11.2. The Morgan fingerprint density at radius 1 is 1.55 bits per heavy atom. The van der Waals surface area contributed by atoms with Crippen molar-refractivity contribution in [3.63, 3.8) is 0 Å². The molecule has 0 unspecified atom stereocenters. The van der Waals surface area contributed by atoms with Crippen molar-refractivity contribution < 1.29 is 14.3 Å². The molecule has 1 heterocycles. The lowest BCUT2D eigenvalue weighted by molar-refractivity contribution is 0.0407. The highest BCUT2D eigenvalue weighted by Crippen LogP contribution is 2.15. The average Bonchev–Trinajstić information content (AvgIpc) is 2.36. The number of nitrogens with two attached hydrogens (primary N) is 1. The van der Waals surface area contributed by atoms with Crippen molar-refractivity contribution in [1.82, 2.24) is 9.55 Å². The van der Waals surface area contributed by atoms with Crippen LogP contribution < -0.4 is 11.4 Å². The first-order chi connectivity index (χ1) is 9.30. The SMILES string of the molecule is C=Cc1cn(C(=O)OCC(C)(C)COC)c(=O)nc1N. The number of hydrogen-bond donors (Lipinski definition) is 1. The smallest absolute Gasteiger partial charge is 0.422 e. The standard InChI is InChI=1S/C13H19N3O4/c1-5-9-6-16(11(17)15-10(9)14)12(18)20-8-13(2,3)7-19-4/h5-6H,1,7-8H2,2-4H3,(H2,14,15,17). The first-order valence-corrected chi connectivity index (χ1v) is 5.98. The summed E-state index contributed by atoms with van der Waals surface area (Å²) in [6, 6.07) is 0. The van der Waals surface area contributed by atoms with E-state index < -0.39 is 11.8 Å². The van der Waals surface area contributed by atoms with Crippen LogP contribution >= 0.6 is 0 Å². The van der Waals surface area contributed by atoms with Crippen LogP contribution in [0.15, 0.2) is 17.6 Å². The Bertz CT molecular complexity index is 563. The Labute approximate surface area is 117 Å². The molecule has 0 aromatic carbocycles. The van der Waals surface area contributed by atoms with Gasteiger partial charge in [-0.1, -0.05) is 26.5 Å². The van der Waals surface area contributed by atoms with Gasteiger partial charge in [-0.05, 0) is 0 Å². The van der Waals surface area contributed by atoms with Crippen molar-refractivity contribution in [2.45, 2.75) is 13.8 Å². The van der Waals surface area contributed by atoms with Gasteiger partial charge in [0, 0.05) is 24.3 Å². The van der Waals surface area contributed by atoms with Gasteiger partial charge in [-0.25, -0.2) is 14.2 Å². The van der Waals surface area contributed by atoms with Crippen molar-refractivity contribution in [3.8, 4) is 0 Å². The van der Waals surface area contributed by atoms with E-state index >= 15 is 0 Å². The number of ether oxygens (including phenoxy) is 2. The second kappa shape index (κ2) is 6.33. The number of carbonyl (C=O) groups is 1. The zero-order valence-electron chi connectivity index (χ0n) is 11.9. The maximum absolute atomic E-state index is 11.9. The van der Waals surface area contributed by atoms with E-state index in [0.29, 0.717) is 12.2 Å². The zero-order chi connectivity index (χ0) is 15.3. The molecule has 2 N–H and O–H groups in total. The monoisotopic (exact) mass is 281 g/mol. The topological polar surface area (TPSA) is 96.4 Å². The fourth-order valence-corrected chi connectivity index (χ4v) is 1.53. The number of nitrogen functional groups attached to an aromatic ring is 1. The molecule has 110 valence electrons. The van der Waals surface area contributed by atoms with Crippen LogP contribution in [0.3, 0.4) is 0 Å². The molecule has 1 aromatic rings. The van der Waals surface area contributed by atoms with Gasteiger partial charge in [0.15, 0.2) is 0 Å². The highest BCUT2D eigenvalue weighted by molar-refractivity contribution is 5.72. The summed E-state index contributed by atoms with van der Waals surface area (Å²) < 4.78 is 10.9. The molecule has 0 saturated carbocycles. The van der Waals surface area contributed by atoms with E-state index in [2.05, 4.69) is 11.6 Å². The van der Waals surface area contributed by atoms with Crippen molar-refractivity contribution in [1.29, 1.82) is 0 Å². The molecule has 0 amide bonds. The lowest BCUT2D eigenvalue weighted by Crippen LogP contribution is -2.34. The van der Waals surface area contributed by atoms with Crippen molar-refractivity contribution in [2.75, 3.05) is 26.1 Å². The Morgan fingerprint density at radius 2 is 2.20 bits per heavy atom. The predicted octanol–water partition coefficient (Wildman–Crippen LogP) is 1.13. The Hall–Kier alpha value is -2.15. The minimum absolute atomic E-state index is 0.0220. The molecule has 0 fully saturated rings. The minimum atomic E-state index is -0.810. The Kier molecular flexibility index (Phi) is 5.04. The summed E-state index contributed by atoms with van der Waals surface area (Å²) >= 11 is 0. The summed E-state index contributed by atoms with van der Waals surface area (Å²) in [7, 11) is 1.56. The minimum Gasteiger partial charge on any atom is -0.448 e. The van der Waals surface area contributed by atoms with Gasteiger partial charge in [-0.15, -0.1) is 0 Å². The molecule has 20 heavy (non-hydrogen) atoms. The second-order valence-electron chi connectivity index (χ2n) is 5.09. The van der Waals surface area contributed by atoms with Gasteiger partial charge in [-0.2, -0.15) is 4.98 Å². The van der Waals surface area contributed by atoms with Crippen molar-refractivity contribution in [2.24, 2.45) is 5.41 Å². The number of carbonyl (C=O) groups excluding carboxylic acids is 1. The van der Waals surface area contributed by atoms with Crippen molar-refractivity contribution >= 4 is 18.0 Å². The lowest BCUT2D eigenvalue weighted by atomic mass is 9.96. The molecule has 7 heteroatoms. The average molecular weight is 281 g/mol. The van der Waals surface area contributed by atoms with Gasteiger partial charge >= 0.3 is 11.8 Å². The predicted molar refractivity (Wildman–Crippen MR) is 75.4 cm³/mol. The van der Waals surface area contributed by atoms with Crippen LogP contribution in [0.2, 0.25) is 0 Å². The first kappa shape index (κ1) is 15.9. The van der Waals surface area contributed by atoms with Crippen LogP contribution in [0, 0.1) is 5.41 Å². The summed E-state index contributed by atoms with van der Waals surface area (Å²) in [6.07, 6.45) is 1.85. The zero-order valence-corrected chi connectivity index (χ0v) is 11.9. The molecule has 0 bridgehead atoms. The molecule has 0 aliphatic heterocycles. The number of methoxy groups -OCH3 is 1. The van der Waals surface area contributed by atoms with Crippen LogP contribution in [0.5, 0.6) is 0 Å². The summed E-state index contributed by atoms with van der Waals surface area (Å²) in [6.45, 7) is 7.82. The molecule has 0 aliphatic carbocycles. The van der Waals surface area contributed by atoms with Gasteiger partial charge in [0.25, 0.3) is 0 Å². The molecule has 1 rings (SSSR count). The van der Waals surface area contributed by atoms with E-state index in [1.54, 1.807) is 7.11 Å². The van der Waals surface area contributed by atoms with Crippen LogP contribution in [-0.4, -0.2) is 36.0 Å². The van der Waals surface area contributed by atoms with E-state index in [4.69, 9.17) is 15.2 Å². The molecular weight excluding hydrogens is 262 g/mol. The van der Waals surface area contributed by atoms with E-state index in [1.165, 1.54) is 12.3 Å². The van der Waals surface area contributed by atoms with Gasteiger partial charge < -0.3 is 15.2 Å². The molecule has 7 nitrogen and oxygen atoms in total. The first-order valence-electron chi connectivity index (χ1n) is 5.98. The Balaban J connectivity index is 2.88. The summed E-state index contributed by atoms with van der Waals surface area (Å²) in [5.41, 5.74) is 4.77. The van der Waals surface area contributed by atoms with Gasteiger partial charge in [-0.3, -0.25) is 0 Å². The molecule has 0 saturated heterocycles. The number of aromatic nitrogens is 2. The maximum Gasteiger partial charge on any atom is 0.422 e. The van der Waals surface area contributed by atoms with E-state index in [-0.39, 0.29) is 17.8 Å². The maximum atomic E-state index is 11.9.